The van der Waals surface area contributed by atoms with Crippen molar-refractivity contribution in [3.8, 4) is 0 Å². The lowest BCUT2D eigenvalue weighted by molar-refractivity contribution is -0.137. The molecule has 0 saturated heterocycles. The maximum atomic E-state index is 14.6. The number of pyridine rings is 1. The summed E-state index contributed by atoms with van der Waals surface area (Å²) in [7, 11) is 0. The molecule has 1 atom stereocenters. The largest absolute Gasteiger partial charge is 0.416 e. The number of carbonyl (C=O) groups excluding carboxylic acids is 1. The van der Waals surface area contributed by atoms with Crippen LogP contribution < -0.4 is 10.6 Å². The maximum Gasteiger partial charge on any atom is 0.416 e. The Morgan fingerprint density at radius 1 is 1.06 bits per heavy atom. The van der Waals surface area contributed by atoms with Crippen LogP contribution in [0.3, 0.4) is 0 Å². The highest BCUT2D eigenvalue weighted by Crippen LogP contribution is 2.39. The number of nitrogens with zero attached hydrogens (tertiary/aromatic N) is 1. The fourth-order valence-corrected chi connectivity index (χ4v) is 4.07. The summed E-state index contributed by atoms with van der Waals surface area (Å²) in [5.74, 6) is -1.04. The average Bonchev–Trinajstić information content (AvgIpc) is 2.77. The van der Waals surface area contributed by atoms with E-state index in [0.717, 1.165) is 23.3 Å². The Hall–Kier alpha value is -3.13. The van der Waals surface area contributed by atoms with E-state index in [-0.39, 0.29) is 24.6 Å². The molecule has 3 rings (SSSR count). The minimum Gasteiger partial charge on any atom is -0.337 e. The number of nitrogens with one attached hydrogen (secondary N) is 2. The smallest absolute Gasteiger partial charge is 0.337 e. The third kappa shape index (κ3) is 6.51. The van der Waals surface area contributed by atoms with Gasteiger partial charge in [-0.3, -0.25) is 4.98 Å². The average molecular weight is 508 g/mol. The van der Waals surface area contributed by atoms with E-state index in [4.69, 9.17) is 11.6 Å². The van der Waals surface area contributed by atoms with Crippen molar-refractivity contribution < 1.29 is 22.4 Å². The van der Waals surface area contributed by atoms with Crippen molar-refractivity contribution in [1.29, 1.82) is 0 Å². The number of hydrogen-bond donors (Lipinski definition) is 2. The third-order valence-corrected chi connectivity index (χ3v) is 5.94. The molecule has 0 unspecified atom stereocenters. The monoisotopic (exact) mass is 507 g/mol. The highest BCUT2D eigenvalue weighted by Gasteiger charge is 2.40. The van der Waals surface area contributed by atoms with Crippen molar-refractivity contribution in [2.75, 3.05) is 6.54 Å². The van der Waals surface area contributed by atoms with Gasteiger partial charge < -0.3 is 10.6 Å². The number of aryl methyl sites for hydroxylation is 1. The van der Waals surface area contributed by atoms with Gasteiger partial charge >= 0.3 is 12.2 Å². The van der Waals surface area contributed by atoms with Crippen LogP contribution in [0.15, 0.2) is 60.8 Å². The zero-order valence-corrected chi connectivity index (χ0v) is 20.3. The first-order chi connectivity index (χ1) is 16.4. The molecule has 0 aliphatic carbocycles. The molecular formula is C26H26ClF4N3O. The minimum absolute atomic E-state index is 0.0350. The number of aromatic nitrogens is 1. The first kappa shape index (κ1) is 26.5. The summed E-state index contributed by atoms with van der Waals surface area (Å²) in [4.78, 5) is 16.9. The predicted octanol–water partition coefficient (Wildman–Crippen LogP) is 6.44. The quantitative estimate of drug-likeness (QED) is 0.362. The van der Waals surface area contributed by atoms with Gasteiger partial charge in [0.05, 0.1) is 21.7 Å². The van der Waals surface area contributed by atoms with Crippen LogP contribution in [0.2, 0.25) is 5.02 Å². The second-order valence-electron chi connectivity index (χ2n) is 8.76. The van der Waals surface area contributed by atoms with Gasteiger partial charge in [-0.05, 0) is 74.2 Å². The highest BCUT2D eigenvalue weighted by atomic mass is 35.5. The molecule has 3 aromatic rings. The molecule has 186 valence electrons. The summed E-state index contributed by atoms with van der Waals surface area (Å²) in [6, 6.07) is 12.3. The van der Waals surface area contributed by atoms with E-state index in [1.807, 2.05) is 31.2 Å². The van der Waals surface area contributed by atoms with Crippen molar-refractivity contribution in [2.24, 2.45) is 0 Å². The van der Waals surface area contributed by atoms with Gasteiger partial charge in [-0.1, -0.05) is 35.9 Å². The number of halogens is 5. The third-order valence-electron chi connectivity index (χ3n) is 5.72. The molecule has 2 aromatic carbocycles. The zero-order chi connectivity index (χ0) is 25.8. The van der Waals surface area contributed by atoms with Crippen LogP contribution in [0.4, 0.5) is 22.4 Å². The van der Waals surface area contributed by atoms with Gasteiger partial charge in [0.1, 0.15) is 5.82 Å². The van der Waals surface area contributed by atoms with E-state index < -0.39 is 29.0 Å². The highest BCUT2D eigenvalue weighted by molar-refractivity contribution is 6.30. The molecule has 2 N–H and O–H groups in total. The normalized spacial score (nSPS) is 13.4. The number of hydrogen-bond acceptors (Lipinski definition) is 2. The predicted molar refractivity (Wildman–Crippen MR) is 128 cm³/mol. The molecule has 2 amide bonds. The summed E-state index contributed by atoms with van der Waals surface area (Å²) >= 11 is 6.04. The molecule has 0 fully saturated rings. The van der Waals surface area contributed by atoms with Gasteiger partial charge in [0.25, 0.3) is 0 Å². The first-order valence-electron chi connectivity index (χ1n) is 11.0. The molecule has 1 heterocycles. The molecule has 35 heavy (non-hydrogen) atoms. The van der Waals surface area contributed by atoms with Gasteiger partial charge in [-0.2, -0.15) is 13.2 Å². The maximum absolute atomic E-state index is 14.6. The summed E-state index contributed by atoms with van der Waals surface area (Å²) < 4.78 is 55.6. The standard InChI is InChI=1S/C26H26ClF4N3O/c1-16(2)34-24(35)33-15-25(23-9-8-21(27)14-32-23,13-18-7-5-4-6-17(18)3)19-10-20(26(29,30)31)12-22(28)11-19/h4-12,14,16H,13,15H2,1-3H3,(H2,33,34,35)/t25-/m1/s1. The molecule has 9 heteroatoms. The Kier molecular flexibility index (Phi) is 8.05. The Morgan fingerprint density at radius 2 is 1.74 bits per heavy atom. The molecule has 0 saturated carbocycles. The van der Waals surface area contributed by atoms with E-state index in [1.165, 1.54) is 6.20 Å². The minimum atomic E-state index is -4.76. The van der Waals surface area contributed by atoms with E-state index in [1.54, 1.807) is 26.0 Å². The van der Waals surface area contributed by atoms with Crippen LogP contribution in [0.1, 0.15) is 41.8 Å². The van der Waals surface area contributed by atoms with Crippen molar-refractivity contribution in [3.63, 3.8) is 0 Å². The van der Waals surface area contributed by atoms with Gasteiger partial charge in [-0.25, -0.2) is 9.18 Å². The van der Waals surface area contributed by atoms with E-state index in [9.17, 15) is 22.4 Å². The Balaban J connectivity index is 2.26. The summed E-state index contributed by atoms with van der Waals surface area (Å²) in [6.07, 6.45) is -3.24. The summed E-state index contributed by atoms with van der Waals surface area (Å²) in [6.45, 7) is 5.29. The lowest BCUT2D eigenvalue weighted by Crippen LogP contribution is -2.48. The molecule has 0 spiro atoms. The Morgan fingerprint density at radius 3 is 2.34 bits per heavy atom. The van der Waals surface area contributed by atoms with E-state index in [2.05, 4.69) is 15.6 Å². The second-order valence-corrected chi connectivity index (χ2v) is 9.19. The molecule has 4 nitrogen and oxygen atoms in total. The van der Waals surface area contributed by atoms with Crippen LogP contribution in [0.5, 0.6) is 0 Å². The van der Waals surface area contributed by atoms with Crippen molar-refractivity contribution >= 4 is 17.6 Å². The second kappa shape index (κ2) is 10.6. The first-order valence-corrected chi connectivity index (χ1v) is 11.4. The van der Waals surface area contributed by atoms with Crippen LogP contribution in [0.25, 0.3) is 0 Å². The topological polar surface area (TPSA) is 54.0 Å². The van der Waals surface area contributed by atoms with Crippen LogP contribution >= 0.6 is 11.6 Å². The lowest BCUT2D eigenvalue weighted by Gasteiger charge is -2.35. The zero-order valence-electron chi connectivity index (χ0n) is 19.5. The number of benzene rings is 2. The van der Waals surface area contributed by atoms with Gasteiger partial charge in [0, 0.05) is 18.8 Å². The molecule has 0 aliphatic rings. The number of rotatable bonds is 7. The SMILES string of the molecule is Cc1ccccc1C[C@@](CNC(=O)NC(C)C)(c1cc(F)cc(C(F)(F)F)c1)c1ccc(Cl)cn1. The molecular weight excluding hydrogens is 482 g/mol. The lowest BCUT2D eigenvalue weighted by atomic mass is 9.71. The fourth-order valence-electron chi connectivity index (χ4n) is 3.96. The number of amides is 2. The van der Waals surface area contributed by atoms with Crippen molar-refractivity contribution in [1.82, 2.24) is 15.6 Å². The van der Waals surface area contributed by atoms with E-state index >= 15 is 0 Å². The van der Waals surface area contributed by atoms with Crippen LogP contribution in [0, 0.1) is 12.7 Å². The van der Waals surface area contributed by atoms with Crippen molar-refractivity contribution in [2.45, 2.75) is 44.8 Å². The fraction of sp³-hybridized carbons (Fsp3) is 0.308. The molecule has 0 radical (unpaired) electrons. The van der Waals surface area contributed by atoms with Gasteiger partial charge in [-0.15, -0.1) is 0 Å². The Labute approximate surface area is 206 Å². The molecule has 0 aliphatic heterocycles. The number of urea groups is 1. The molecule has 1 aromatic heterocycles. The van der Waals surface area contributed by atoms with E-state index in [0.29, 0.717) is 16.8 Å². The summed E-state index contributed by atoms with van der Waals surface area (Å²) in [5, 5.41) is 5.79. The van der Waals surface area contributed by atoms with Gasteiger partial charge in [0.2, 0.25) is 0 Å². The number of carbonyl (C=O) groups is 1. The van der Waals surface area contributed by atoms with Crippen molar-refractivity contribution in [3.05, 3.63) is 99.6 Å². The number of alkyl halides is 3. The van der Waals surface area contributed by atoms with Crippen LogP contribution in [-0.4, -0.2) is 23.6 Å². The Bertz CT molecular complexity index is 1180. The van der Waals surface area contributed by atoms with Gasteiger partial charge in [0.15, 0.2) is 0 Å². The summed E-state index contributed by atoms with van der Waals surface area (Å²) in [5.41, 5.74) is -0.380. The molecule has 0 bridgehead atoms. The van der Waals surface area contributed by atoms with Crippen LogP contribution in [-0.2, 0) is 18.0 Å².